The Morgan fingerprint density at radius 1 is 1.14 bits per heavy atom. The van der Waals surface area contributed by atoms with Crippen LogP contribution in [0.25, 0.3) is 10.9 Å². The quantitative estimate of drug-likeness (QED) is 0.243. The summed E-state index contributed by atoms with van der Waals surface area (Å²) < 4.78 is 11.9. The molecule has 0 aliphatic heterocycles. The summed E-state index contributed by atoms with van der Waals surface area (Å²) in [5.41, 5.74) is 2.71. The molecule has 0 aliphatic carbocycles. The smallest absolute Gasteiger partial charge is 0.325 e. The second-order valence-corrected chi connectivity index (χ2v) is 7.81. The lowest BCUT2D eigenvalue weighted by atomic mass is 10.1. The lowest BCUT2D eigenvalue weighted by Crippen LogP contribution is -2.27. The van der Waals surface area contributed by atoms with Crippen molar-refractivity contribution in [3.63, 3.8) is 0 Å². The van der Waals surface area contributed by atoms with E-state index in [0.717, 1.165) is 12.2 Å². The molecule has 29 heavy (non-hydrogen) atoms. The van der Waals surface area contributed by atoms with Gasteiger partial charge in [-0.3, -0.25) is 14.2 Å². The number of rotatable bonds is 8. The van der Waals surface area contributed by atoms with Crippen LogP contribution in [0.2, 0.25) is 0 Å². The molecule has 0 saturated heterocycles. The van der Waals surface area contributed by atoms with E-state index in [9.17, 15) is 9.59 Å². The van der Waals surface area contributed by atoms with Gasteiger partial charge in [0.2, 0.25) is 0 Å². The Morgan fingerprint density at radius 2 is 1.86 bits per heavy atom. The Kier molecular flexibility index (Phi) is 6.93. The SMILES string of the molecule is COC(=O)Cn1c(SCCCOc2cc(C)cc(C)c2)nc2ccccc2c1=O. The van der Waals surface area contributed by atoms with Crippen molar-refractivity contribution in [1.82, 2.24) is 9.55 Å². The molecule has 0 N–H and O–H groups in total. The van der Waals surface area contributed by atoms with Crippen molar-refractivity contribution in [3.8, 4) is 5.75 Å². The first-order valence-electron chi connectivity index (χ1n) is 9.38. The maximum absolute atomic E-state index is 12.8. The summed E-state index contributed by atoms with van der Waals surface area (Å²) in [6.07, 6.45) is 0.776. The summed E-state index contributed by atoms with van der Waals surface area (Å²) in [5.74, 6) is 1.08. The first-order chi connectivity index (χ1) is 14.0. The molecule has 0 saturated carbocycles. The molecule has 0 spiro atoms. The van der Waals surface area contributed by atoms with Crippen LogP contribution in [0.5, 0.6) is 5.75 Å². The van der Waals surface area contributed by atoms with Gasteiger partial charge < -0.3 is 9.47 Å². The second-order valence-electron chi connectivity index (χ2n) is 6.75. The number of hydrogen-bond acceptors (Lipinski definition) is 6. The standard InChI is InChI=1S/C22H24N2O4S/c1-15-11-16(2)13-17(12-15)28-9-6-10-29-22-23-19-8-5-4-7-18(19)21(26)24(22)14-20(25)27-3/h4-5,7-8,11-13H,6,9-10,14H2,1-3H3. The van der Waals surface area contributed by atoms with Crippen LogP contribution in [0, 0.1) is 13.8 Å². The van der Waals surface area contributed by atoms with Gasteiger partial charge in [-0.05, 0) is 55.7 Å². The lowest BCUT2D eigenvalue weighted by Gasteiger charge is -2.12. The van der Waals surface area contributed by atoms with E-state index in [1.807, 2.05) is 32.0 Å². The van der Waals surface area contributed by atoms with E-state index in [-0.39, 0.29) is 12.1 Å². The minimum absolute atomic E-state index is 0.158. The zero-order chi connectivity index (χ0) is 20.8. The minimum atomic E-state index is -0.482. The normalized spacial score (nSPS) is 10.9. The molecule has 0 unspecified atom stereocenters. The molecule has 1 heterocycles. The number of aryl methyl sites for hydroxylation is 2. The third kappa shape index (κ3) is 5.38. The monoisotopic (exact) mass is 412 g/mol. The Hall–Kier alpha value is -2.80. The van der Waals surface area contributed by atoms with Crippen molar-refractivity contribution < 1.29 is 14.3 Å². The second kappa shape index (κ2) is 9.60. The Labute approximate surface area is 173 Å². The van der Waals surface area contributed by atoms with E-state index in [0.29, 0.717) is 28.4 Å². The van der Waals surface area contributed by atoms with Crippen LogP contribution >= 0.6 is 11.8 Å². The van der Waals surface area contributed by atoms with Crippen LogP contribution in [-0.4, -0.2) is 35.0 Å². The van der Waals surface area contributed by atoms with Gasteiger partial charge in [-0.2, -0.15) is 0 Å². The number of nitrogens with zero attached hydrogens (tertiary/aromatic N) is 2. The molecule has 3 rings (SSSR count). The van der Waals surface area contributed by atoms with E-state index in [4.69, 9.17) is 9.47 Å². The van der Waals surface area contributed by atoms with Gasteiger partial charge >= 0.3 is 5.97 Å². The van der Waals surface area contributed by atoms with Crippen molar-refractivity contribution >= 4 is 28.6 Å². The van der Waals surface area contributed by atoms with Crippen molar-refractivity contribution in [2.45, 2.75) is 32.0 Å². The highest BCUT2D eigenvalue weighted by Crippen LogP contribution is 2.20. The van der Waals surface area contributed by atoms with Gasteiger partial charge in [0.1, 0.15) is 12.3 Å². The molecule has 0 bridgehead atoms. The van der Waals surface area contributed by atoms with Gasteiger partial charge in [-0.1, -0.05) is 30.0 Å². The topological polar surface area (TPSA) is 70.4 Å². The van der Waals surface area contributed by atoms with Crippen LogP contribution in [0.4, 0.5) is 0 Å². The van der Waals surface area contributed by atoms with E-state index < -0.39 is 5.97 Å². The summed E-state index contributed by atoms with van der Waals surface area (Å²) in [4.78, 5) is 29.2. The van der Waals surface area contributed by atoms with Crippen LogP contribution in [0.3, 0.4) is 0 Å². The molecule has 0 amide bonds. The molecule has 0 fully saturated rings. The number of para-hydroxylation sites is 1. The predicted molar refractivity (Wildman–Crippen MR) is 115 cm³/mol. The summed E-state index contributed by atoms with van der Waals surface area (Å²) in [5, 5.41) is 0.990. The first kappa shape index (κ1) is 20.9. The number of carbonyl (C=O) groups is 1. The third-order valence-electron chi connectivity index (χ3n) is 4.33. The predicted octanol–water partition coefficient (Wildman–Crippen LogP) is 3.75. The number of aromatic nitrogens is 2. The van der Waals surface area contributed by atoms with E-state index in [2.05, 4.69) is 11.1 Å². The molecule has 7 heteroatoms. The van der Waals surface area contributed by atoms with E-state index in [1.165, 1.54) is 34.6 Å². The van der Waals surface area contributed by atoms with E-state index in [1.54, 1.807) is 18.2 Å². The third-order valence-corrected chi connectivity index (χ3v) is 5.39. The molecule has 0 radical (unpaired) electrons. The fourth-order valence-corrected chi connectivity index (χ4v) is 3.93. The zero-order valence-corrected chi connectivity index (χ0v) is 17.6. The van der Waals surface area contributed by atoms with Gasteiger partial charge in [0.05, 0.1) is 24.6 Å². The summed E-state index contributed by atoms with van der Waals surface area (Å²) in [6, 6.07) is 13.3. The number of benzene rings is 2. The largest absolute Gasteiger partial charge is 0.494 e. The highest BCUT2D eigenvalue weighted by molar-refractivity contribution is 7.99. The van der Waals surface area contributed by atoms with E-state index >= 15 is 0 Å². The zero-order valence-electron chi connectivity index (χ0n) is 16.8. The van der Waals surface area contributed by atoms with Gasteiger partial charge in [-0.25, -0.2) is 4.98 Å². The number of carbonyl (C=O) groups excluding carboxylic acids is 1. The highest BCUT2D eigenvalue weighted by atomic mass is 32.2. The van der Waals surface area contributed by atoms with Crippen LogP contribution < -0.4 is 10.3 Å². The first-order valence-corrected chi connectivity index (χ1v) is 10.4. The average molecular weight is 413 g/mol. The van der Waals surface area contributed by atoms with Gasteiger partial charge in [0.15, 0.2) is 5.16 Å². The molecule has 1 aromatic heterocycles. The van der Waals surface area contributed by atoms with Gasteiger partial charge in [0, 0.05) is 5.75 Å². The molecular weight excluding hydrogens is 388 g/mol. The number of hydrogen-bond donors (Lipinski definition) is 0. The Bertz CT molecular complexity index is 1060. The number of thioether (sulfide) groups is 1. The molecule has 0 atom stereocenters. The van der Waals surface area contributed by atoms with Crippen molar-refractivity contribution in [2.75, 3.05) is 19.5 Å². The van der Waals surface area contributed by atoms with Crippen molar-refractivity contribution in [3.05, 3.63) is 63.9 Å². The van der Waals surface area contributed by atoms with Crippen molar-refractivity contribution in [2.24, 2.45) is 0 Å². The molecule has 3 aromatic rings. The van der Waals surface area contributed by atoms with Crippen molar-refractivity contribution in [1.29, 1.82) is 0 Å². The highest BCUT2D eigenvalue weighted by Gasteiger charge is 2.14. The molecular formula is C22H24N2O4S. The summed E-state index contributed by atoms with van der Waals surface area (Å²) in [7, 11) is 1.30. The Balaban J connectivity index is 1.69. The van der Waals surface area contributed by atoms with Crippen LogP contribution in [0.15, 0.2) is 52.4 Å². The maximum atomic E-state index is 12.8. The molecule has 0 aliphatic rings. The molecule has 2 aromatic carbocycles. The van der Waals surface area contributed by atoms with Crippen LogP contribution in [-0.2, 0) is 16.1 Å². The van der Waals surface area contributed by atoms with Gasteiger partial charge in [0.25, 0.3) is 5.56 Å². The fourth-order valence-electron chi connectivity index (χ4n) is 3.02. The molecule has 152 valence electrons. The Morgan fingerprint density at radius 3 is 2.59 bits per heavy atom. The summed E-state index contributed by atoms with van der Waals surface area (Å²) in [6.45, 7) is 4.49. The minimum Gasteiger partial charge on any atom is -0.494 e. The number of esters is 1. The number of methoxy groups -OCH3 is 1. The summed E-state index contributed by atoms with van der Waals surface area (Å²) >= 11 is 1.43. The lowest BCUT2D eigenvalue weighted by molar-refractivity contribution is -0.141. The maximum Gasteiger partial charge on any atom is 0.325 e. The fraction of sp³-hybridized carbons (Fsp3) is 0.318. The molecule has 6 nitrogen and oxygen atoms in total. The number of fused-ring (bicyclic) bond motifs is 1. The van der Waals surface area contributed by atoms with Crippen LogP contribution in [0.1, 0.15) is 17.5 Å². The van der Waals surface area contributed by atoms with Gasteiger partial charge in [-0.15, -0.1) is 0 Å². The average Bonchev–Trinajstić information content (AvgIpc) is 2.69. The number of ether oxygens (including phenoxy) is 2.